The summed E-state index contributed by atoms with van der Waals surface area (Å²) in [5.41, 5.74) is 0.930. The van der Waals surface area contributed by atoms with Crippen LogP contribution >= 0.6 is 0 Å². The number of ketones is 1. The van der Waals surface area contributed by atoms with Crippen molar-refractivity contribution in [3.63, 3.8) is 0 Å². The zero-order valence-corrected chi connectivity index (χ0v) is 11.5. The van der Waals surface area contributed by atoms with E-state index in [2.05, 4.69) is 12.1 Å². The highest BCUT2D eigenvalue weighted by atomic mass is 16.5. The van der Waals surface area contributed by atoms with Crippen molar-refractivity contribution < 1.29 is 9.53 Å². The minimum atomic E-state index is -0.226. The molecule has 0 unspecified atom stereocenters. The summed E-state index contributed by atoms with van der Waals surface area (Å²) in [6.45, 7) is 5.76. The number of carbonyl (C=O) groups excluding carboxylic acids is 1. The maximum atomic E-state index is 12.0. The lowest BCUT2D eigenvalue weighted by Gasteiger charge is -2.26. The van der Waals surface area contributed by atoms with Gasteiger partial charge in [0.15, 0.2) is 0 Å². The molecule has 0 aliphatic heterocycles. The van der Waals surface area contributed by atoms with Crippen molar-refractivity contribution in [3.05, 3.63) is 29.8 Å². The molecular formula is C16H22O2. The van der Waals surface area contributed by atoms with Crippen LogP contribution in [0.15, 0.2) is 24.3 Å². The first kappa shape index (κ1) is 13.1. The highest BCUT2D eigenvalue weighted by Gasteiger charge is 2.39. The maximum Gasteiger partial charge on any atom is 0.140 e. The van der Waals surface area contributed by atoms with Gasteiger partial charge in [0.05, 0.1) is 11.5 Å². The summed E-state index contributed by atoms with van der Waals surface area (Å²) < 4.78 is 5.64. The van der Waals surface area contributed by atoms with E-state index in [0.717, 1.165) is 37.0 Å². The maximum absolute atomic E-state index is 12.0. The molecule has 2 rings (SSSR count). The van der Waals surface area contributed by atoms with Crippen LogP contribution in [-0.4, -0.2) is 11.9 Å². The predicted octanol–water partition coefficient (Wildman–Crippen LogP) is 3.87. The third-order valence-corrected chi connectivity index (χ3v) is 3.91. The molecule has 0 atom stereocenters. The topological polar surface area (TPSA) is 26.3 Å². The van der Waals surface area contributed by atoms with Crippen molar-refractivity contribution in [1.29, 1.82) is 0 Å². The van der Waals surface area contributed by atoms with Crippen LogP contribution in [0.3, 0.4) is 0 Å². The van der Waals surface area contributed by atoms with Gasteiger partial charge in [0.25, 0.3) is 0 Å². The summed E-state index contributed by atoms with van der Waals surface area (Å²) in [5.74, 6) is 1.18. The minimum absolute atomic E-state index is 0.184. The average molecular weight is 246 g/mol. The molecule has 1 fully saturated rings. The lowest BCUT2D eigenvalue weighted by Crippen LogP contribution is -2.30. The first-order chi connectivity index (χ1) is 8.54. The highest BCUT2D eigenvalue weighted by Crippen LogP contribution is 2.42. The van der Waals surface area contributed by atoms with Crippen LogP contribution < -0.4 is 4.74 Å². The summed E-state index contributed by atoms with van der Waals surface area (Å²) in [7, 11) is 0. The second-order valence-corrected chi connectivity index (χ2v) is 5.54. The molecule has 1 aliphatic carbocycles. The second kappa shape index (κ2) is 5.13. The Labute approximate surface area is 109 Å². The van der Waals surface area contributed by atoms with Crippen molar-refractivity contribution in [2.45, 2.75) is 58.0 Å². The zero-order valence-electron chi connectivity index (χ0n) is 11.5. The quantitative estimate of drug-likeness (QED) is 0.806. The molecule has 1 aromatic rings. The van der Waals surface area contributed by atoms with Gasteiger partial charge in [-0.15, -0.1) is 0 Å². The van der Waals surface area contributed by atoms with E-state index in [1.54, 1.807) is 6.92 Å². The first-order valence-corrected chi connectivity index (χ1v) is 6.83. The molecule has 0 N–H and O–H groups in total. The van der Waals surface area contributed by atoms with Gasteiger partial charge in [-0.1, -0.05) is 25.0 Å². The Morgan fingerprint density at radius 3 is 2.17 bits per heavy atom. The van der Waals surface area contributed by atoms with Crippen molar-refractivity contribution >= 4 is 5.78 Å². The Balaban J connectivity index is 2.25. The number of hydrogen-bond acceptors (Lipinski definition) is 2. The molecule has 2 heteroatoms. The number of Topliss-reactive ketones (excluding diaryl/α,β-unsaturated/α-hetero) is 1. The fourth-order valence-corrected chi connectivity index (χ4v) is 2.95. The summed E-state index contributed by atoms with van der Waals surface area (Å²) >= 11 is 0. The van der Waals surface area contributed by atoms with Crippen molar-refractivity contribution in [1.82, 2.24) is 0 Å². The van der Waals surface area contributed by atoms with Crippen molar-refractivity contribution in [2.75, 3.05) is 0 Å². The summed E-state index contributed by atoms with van der Waals surface area (Å²) in [6.07, 6.45) is 4.48. The Morgan fingerprint density at radius 1 is 1.17 bits per heavy atom. The van der Waals surface area contributed by atoms with Gasteiger partial charge in [-0.05, 0) is 51.3 Å². The van der Waals surface area contributed by atoms with E-state index in [9.17, 15) is 4.79 Å². The van der Waals surface area contributed by atoms with Crippen LogP contribution in [0.4, 0.5) is 0 Å². The zero-order chi connectivity index (χ0) is 13.2. The summed E-state index contributed by atoms with van der Waals surface area (Å²) in [5, 5.41) is 0. The molecular weight excluding hydrogens is 224 g/mol. The molecule has 0 heterocycles. The number of benzene rings is 1. The molecule has 1 aromatic carbocycles. The van der Waals surface area contributed by atoms with Gasteiger partial charge in [0, 0.05) is 0 Å². The molecule has 0 radical (unpaired) electrons. The van der Waals surface area contributed by atoms with E-state index in [4.69, 9.17) is 4.74 Å². The standard InChI is InChI=1S/C16H22O2/c1-12(2)18-15-8-6-14(7-9-15)16(13(3)17)10-4-5-11-16/h6-9,12H,4-5,10-11H2,1-3H3. The average Bonchev–Trinajstić information content (AvgIpc) is 2.79. The Bertz CT molecular complexity index is 411. The molecule has 0 aromatic heterocycles. The Hall–Kier alpha value is -1.31. The van der Waals surface area contributed by atoms with Gasteiger partial charge >= 0.3 is 0 Å². The molecule has 1 saturated carbocycles. The monoisotopic (exact) mass is 246 g/mol. The summed E-state index contributed by atoms with van der Waals surface area (Å²) in [4.78, 5) is 12.0. The molecule has 18 heavy (non-hydrogen) atoms. The fourth-order valence-electron chi connectivity index (χ4n) is 2.95. The van der Waals surface area contributed by atoms with Crippen LogP contribution in [0.1, 0.15) is 52.0 Å². The normalized spacial score (nSPS) is 18.0. The van der Waals surface area contributed by atoms with Gasteiger partial charge in [0.2, 0.25) is 0 Å². The third-order valence-electron chi connectivity index (χ3n) is 3.91. The smallest absolute Gasteiger partial charge is 0.140 e. The van der Waals surface area contributed by atoms with E-state index < -0.39 is 0 Å². The largest absolute Gasteiger partial charge is 0.491 e. The van der Waals surface area contributed by atoms with Crippen molar-refractivity contribution in [2.24, 2.45) is 0 Å². The number of ether oxygens (including phenoxy) is 1. The van der Waals surface area contributed by atoms with E-state index in [-0.39, 0.29) is 11.5 Å². The Morgan fingerprint density at radius 2 is 1.72 bits per heavy atom. The van der Waals surface area contributed by atoms with Gasteiger partial charge < -0.3 is 4.74 Å². The lowest BCUT2D eigenvalue weighted by atomic mass is 9.76. The van der Waals surface area contributed by atoms with Gasteiger partial charge in [-0.3, -0.25) is 4.79 Å². The number of hydrogen-bond donors (Lipinski definition) is 0. The van der Waals surface area contributed by atoms with Crippen LogP contribution in [0.25, 0.3) is 0 Å². The van der Waals surface area contributed by atoms with Gasteiger partial charge in [-0.25, -0.2) is 0 Å². The SMILES string of the molecule is CC(=O)C1(c2ccc(OC(C)C)cc2)CCCC1. The fraction of sp³-hybridized carbons (Fsp3) is 0.562. The first-order valence-electron chi connectivity index (χ1n) is 6.83. The molecule has 0 bridgehead atoms. The van der Waals surface area contributed by atoms with Crippen LogP contribution in [-0.2, 0) is 10.2 Å². The predicted molar refractivity (Wildman–Crippen MR) is 73.0 cm³/mol. The van der Waals surface area contributed by atoms with Crippen LogP contribution in [0, 0.1) is 0 Å². The number of rotatable bonds is 4. The van der Waals surface area contributed by atoms with Gasteiger partial charge in [-0.2, -0.15) is 0 Å². The molecule has 0 spiro atoms. The molecule has 0 saturated heterocycles. The molecule has 2 nitrogen and oxygen atoms in total. The minimum Gasteiger partial charge on any atom is -0.491 e. The molecule has 1 aliphatic rings. The lowest BCUT2D eigenvalue weighted by molar-refractivity contribution is -0.122. The van der Waals surface area contributed by atoms with E-state index in [1.165, 1.54) is 0 Å². The molecule has 0 amide bonds. The number of carbonyl (C=O) groups is 1. The third kappa shape index (κ3) is 2.43. The van der Waals surface area contributed by atoms with Gasteiger partial charge in [0.1, 0.15) is 11.5 Å². The van der Waals surface area contributed by atoms with Crippen LogP contribution in [0.5, 0.6) is 5.75 Å². The Kier molecular flexibility index (Phi) is 3.74. The highest BCUT2D eigenvalue weighted by molar-refractivity contribution is 5.88. The van der Waals surface area contributed by atoms with E-state index in [0.29, 0.717) is 5.78 Å². The van der Waals surface area contributed by atoms with E-state index >= 15 is 0 Å². The van der Waals surface area contributed by atoms with E-state index in [1.807, 2.05) is 26.0 Å². The second-order valence-electron chi connectivity index (χ2n) is 5.54. The summed E-state index contributed by atoms with van der Waals surface area (Å²) in [6, 6.07) is 8.09. The van der Waals surface area contributed by atoms with Crippen molar-refractivity contribution in [3.8, 4) is 5.75 Å². The molecule has 98 valence electrons. The van der Waals surface area contributed by atoms with Crippen LogP contribution in [0.2, 0.25) is 0 Å².